The molecule has 0 amide bonds. The Balaban J connectivity index is 1.18. The highest BCUT2D eigenvalue weighted by atomic mass is 32.2. The summed E-state index contributed by atoms with van der Waals surface area (Å²) in [5, 5.41) is -0.161. The Kier molecular flexibility index (Phi) is 10.2. The maximum atomic E-state index is 14.0. The van der Waals surface area contributed by atoms with E-state index in [1.807, 2.05) is 152 Å². The normalized spacial score (nSPS) is 13.7. The van der Waals surface area contributed by atoms with Crippen molar-refractivity contribution >= 4 is 17.5 Å². The van der Waals surface area contributed by atoms with E-state index in [0.717, 1.165) is 32.7 Å². The number of hydrogen-bond donors (Lipinski definition) is 0. The summed E-state index contributed by atoms with van der Waals surface area (Å²) in [4.78, 5) is 14.8. The summed E-state index contributed by atoms with van der Waals surface area (Å²) in [5.41, 5.74) is 5.76. The molecule has 1 aliphatic heterocycles. The van der Waals surface area contributed by atoms with E-state index < -0.39 is 0 Å². The van der Waals surface area contributed by atoms with Crippen LogP contribution in [0.5, 0.6) is 23.0 Å². The number of thioether (sulfide) groups is 1. The van der Waals surface area contributed by atoms with E-state index in [9.17, 15) is 4.79 Å². The molecule has 1 heterocycles. The van der Waals surface area contributed by atoms with Gasteiger partial charge < -0.3 is 18.9 Å². The first-order valence-corrected chi connectivity index (χ1v) is 17.3. The first-order valence-electron chi connectivity index (χ1n) is 16.4. The molecule has 0 aliphatic carbocycles. The zero-order valence-electron chi connectivity index (χ0n) is 27.0. The molecule has 7 rings (SSSR count). The van der Waals surface area contributed by atoms with Gasteiger partial charge >= 0.3 is 0 Å². The van der Waals surface area contributed by atoms with Gasteiger partial charge in [0, 0.05) is 11.7 Å². The van der Waals surface area contributed by atoms with Crippen molar-refractivity contribution in [3.05, 3.63) is 185 Å². The van der Waals surface area contributed by atoms with Crippen LogP contribution in [0.4, 0.5) is 0 Å². The van der Waals surface area contributed by atoms with Crippen LogP contribution in [-0.4, -0.2) is 5.78 Å². The van der Waals surface area contributed by atoms with Gasteiger partial charge in [-0.3, -0.25) is 4.79 Å². The standard InChI is InChI=1S/C43H36O5S/c44-36-26-41(35-21-22-37(45-27-31-13-5-1-6-14-31)40(25-35)48-30-34-19-11-4-12-20-34)49-43-39(47-29-33-17-9-3-10-18-33)24-23-38(42(36)43)46-28-32-15-7-2-8-16-32/h1-25,41H,26-30H2. The summed E-state index contributed by atoms with van der Waals surface area (Å²) < 4.78 is 25.3. The second-order valence-corrected chi connectivity index (χ2v) is 13.0. The highest BCUT2D eigenvalue weighted by molar-refractivity contribution is 7.99. The number of rotatable bonds is 13. The number of carbonyl (C=O) groups is 1. The third kappa shape index (κ3) is 8.16. The topological polar surface area (TPSA) is 54.0 Å². The lowest BCUT2D eigenvalue weighted by Gasteiger charge is -2.27. The van der Waals surface area contributed by atoms with Crippen LogP contribution in [0.15, 0.2) is 157 Å². The van der Waals surface area contributed by atoms with Gasteiger partial charge in [0.15, 0.2) is 17.3 Å². The van der Waals surface area contributed by atoms with Crippen LogP contribution in [-0.2, 0) is 26.4 Å². The van der Waals surface area contributed by atoms with Crippen LogP contribution in [0.3, 0.4) is 0 Å². The Bertz CT molecular complexity index is 1980. The molecule has 244 valence electrons. The number of hydrogen-bond acceptors (Lipinski definition) is 6. The monoisotopic (exact) mass is 664 g/mol. The van der Waals surface area contributed by atoms with E-state index in [-0.39, 0.29) is 11.0 Å². The molecule has 6 heteroatoms. The molecule has 5 nitrogen and oxygen atoms in total. The fourth-order valence-electron chi connectivity index (χ4n) is 5.70. The van der Waals surface area contributed by atoms with Gasteiger partial charge in [-0.25, -0.2) is 0 Å². The fourth-order valence-corrected chi connectivity index (χ4v) is 7.08. The Hall–Kier alpha value is -5.46. The van der Waals surface area contributed by atoms with Gasteiger partial charge in [0.2, 0.25) is 0 Å². The average molecular weight is 665 g/mol. The maximum Gasteiger partial charge on any atom is 0.169 e. The fraction of sp³-hybridized carbons (Fsp3) is 0.140. The minimum Gasteiger partial charge on any atom is -0.488 e. The smallest absolute Gasteiger partial charge is 0.169 e. The molecular weight excluding hydrogens is 629 g/mol. The molecule has 0 bridgehead atoms. The molecule has 0 fully saturated rings. The number of ketones is 1. The van der Waals surface area contributed by atoms with Crippen molar-refractivity contribution in [2.24, 2.45) is 0 Å². The van der Waals surface area contributed by atoms with Gasteiger partial charge in [0.1, 0.15) is 37.9 Å². The lowest BCUT2D eigenvalue weighted by molar-refractivity contribution is 0.0970. The summed E-state index contributed by atoms with van der Waals surface area (Å²) in [6.07, 6.45) is 0.309. The van der Waals surface area contributed by atoms with Crippen molar-refractivity contribution in [1.82, 2.24) is 0 Å². The Morgan fingerprint density at radius 2 is 0.878 bits per heavy atom. The quantitative estimate of drug-likeness (QED) is 0.122. The van der Waals surface area contributed by atoms with E-state index in [2.05, 4.69) is 0 Å². The minimum atomic E-state index is -0.161. The molecule has 0 aromatic heterocycles. The summed E-state index contributed by atoms with van der Waals surface area (Å²) in [5.74, 6) is 2.54. The Morgan fingerprint density at radius 1 is 0.469 bits per heavy atom. The van der Waals surface area contributed by atoms with Gasteiger partial charge in [-0.15, -0.1) is 11.8 Å². The van der Waals surface area contributed by atoms with Gasteiger partial charge in [0.25, 0.3) is 0 Å². The van der Waals surface area contributed by atoms with E-state index >= 15 is 0 Å². The summed E-state index contributed by atoms with van der Waals surface area (Å²) in [7, 11) is 0. The van der Waals surface area contributed by atoms with Crippen LogP contribution in [0.1, 0.15) is 49.8 Å². The lowest BCUT2D eigenvalue weighted by Crippen LogP contribution is -2.15. The third-order valence-corrected chi connectivity index (χ3v) is 9.65. The number of carbonyl (C=O) groups excluding carboxylic acids is 1. The predicted molar refractivity (Wildman–Crippen MR) is 194 cm³/mol. The molecule has 0 spiro atoms. The lowest BCUT2D eigenvalue weighted by atomic mass is 9.99. The largest absolute Gasteiger partial charge is 0.488 e. The second-order valence-electron chi connectivity index (χ2n) is 11.8. The van der Waals surface area contributed by atoms with E-state index in [4.69, 9.17) is 18.9 Å². The first kappa shape index (κ1) is 32.1. The van der Waals surface area contributed by atoms with E-state index in [0.29, 0.717) is 61.4 Å². The molecule has 1 unspecified atom stereocenters. The van der Waals surface area contributed by atoms with Crippen molar-refractivity contribution in [3.63, 3.8) is 0 Å². The first-order chi connectivity index (χ1) is 24.2. The van der Waals surface area contributed by atoms with Gasteiger partial charge in [-0.05, 0) is 52.1 Å². The molecule has 0 saturated heterocycles. The minimum absolute atomic E-state index is 0.0168. The van der Waals surface area contributed by atoms with Crippen LogP contribution in [0.2, 0.25) is 0 Å². The molecule has 6 aromatic carbocycles. The van der Waals surface area contributed by atoms with Crippen LogP contribution in [0.25, 0.3) is 0 Å². The zero-order valence-corrected chi connectivity index (χ0v) is 27.8. The number of fused-ring (bicyclic) bond motifs is 1. The maximum absolute atomic E-state index is 14.0. The molecule has 0 saturated carbocycles. The molecule has 0 radical (unpaired) electrons. The third-order valence-electron chi connectivity index (χ3n) is 8.28. The molecule has 6 aromatic rings. The summed E-state index contributed by atoms with van der Waals surface area (Å²) in [6, 6.07) is 49.9. The molecule has 1 aliphatic rings. The van der Waals surface area contributed by atoms with Crippen LogP contribution < -0.4 is 18.9 Å². The summed E-state index contributed by atoms with van der Waals surface area (Å²) >= 11 is 1.63. The number of ether oxygens (including phenoxy) is 4. The number of Topliss-reactive ketones (excluding diaryl/α,β-unsaturated/α-hetero) is 1. The van der Waals surface area contributed by atoms with Gasteiger partial charge in [-0.1, -0.05) is 127 Å². The van der Waals surface area contributed by atoms with E-state index in [1.54, 1.807) is 11.8 Å². The van der Waals surface area contributed by atoms with E-state index in [1.165, 1.54) is 0 Å². The van der Waals surface area contributed by atoms with Crippen molar-refractivity contribution in [1.29, 1.82) is 0 Å². The second kappa shape index (κ2) is 15.6. The van der Waals surface area contributed by atoms with Gasteiger partial charge in [0.05, 0.1) is 10.5 Å². The zero-order chi connectivity index (χ0) is 33.3. The van der Waals surface area contributed by atoms with Crippen molar-refractivity contribution in [2.75, 3.05) is 0 Å². The Morgan fingerprint density at radius 3 is 1.39 bits per heavy atom. The highest BCUT2D eigenvalue weighted by Crippen LogP contribution is 2.52. The number of benzene rings is 6. The molecular formula is C43H36O5S. The van der Waals surface area contributed by atoms with Crippen LogP contribution >= 0.6 is 11.8 Å². The van der Waals surface area contributed by atoms with Gasteiger partial charge in [-0.2, -0.15) is 0 Å². The average Bonchev–Trinajstić information content (AvgIpc) is 3.16. The van der Waals surface area contributed by atoms with Crippen LogP contribution in [0, 0.1) is 0 Å². The molecule has 1 atom stereocenters. The summed E-state index contributed by atoms with van der Waals surface area (Å²) in [6.45, 7) is 1.57. The van der Waals surface area contributed by atoms with Crippen molar-refractivity contribution in [2.45, 2.75) is 43.0 Å². The SMILES string of the molecule is O=C1CC(c2ccc(OCc3ccccc3)c(OCc3ccccc3)c2)Sc2c(OCc3ccccc3)ccc(OCc3ccccc3)c21. The van der Waals surface area contributed by atoms with Crippen molar-refractivity contribution in [3.8, 4) is 23.0 Å². The Labute approximate surface area is 291 Å². The highest BCUT2D eigenvalue weighted by Gasteiger charge is 2.33. The molecule has 49 heavy (non-hydrogen) atoms. The molecule has 0 N–H and O–H groups in total. The van der Waals surface area contributed by atoms with Crippen molar-refractivity contribution < 1.29 is 23.7 Å². The predicted octanol–water partition coefficient (Wildman–Crippen LogP) is 10.4.